The number of hydrogen-bond acceptors (Lipinski definition) is 3. The van der Waals surface area contributed by atoms with Gasteiger partial charge in [-0.2, -0.15) is 0 Å². The van der Waals surface area contributed by atoms with Crippen molar-refractivity contribution in [2.24, 2.45) is 0 Å². The SMILES string of the molecule is CCN(CCCN(C)C)c1ccc(/C=C/C(=O)O)cc1Br. The van der Waals surface area contributed by atoms with Crippen LogP contribution in [0.3, 0.4) is 0 Å². The Balaban J connectivity index is 2.78. The topological polar surface area (TPSA) is 43.8 Å². The molecule has 0 saturated carbocycles. The summed E-state index contributed by atoms with van der Waals surface area (Å²) in [6.07, 6.45) is 3.85. The molecule has 0 radical (unpaired) electrons. The normalized spacial score (nSPS) is 11.3. The van der Waals surface area contributed by atoms with Crippen LogP contribution in [0.1, 0.15) is 18.9 Å². The molecule has 4 nitrogen and oxygen atoms in total. The Kier molecular flexibility index (Phi) is 7.47. The number of halogens is 1. The van der Waals surface area contributed by atoms with Crippen molar-refractivity contribution in [3.63, 3.8) is 0 Å². The van der Waals surface area contributed by atoms with E-state index in [1.807, 2.05) is 18.2 Å². The summed E-state index contributed by atoms with van der Waals surface area (Å²) in [6, 6.07) is 5.92. The minimum absolute atomic E-state index is 0.873. The van der Waals surface area contributed by atoms with Crippen LogP contribution in [0.5, 0.6) is 0 Å². The summed E-state index contributed by atoms with van der Waals surface area (Å²) in [4.78, 5) is 15.0. The van der Waals surface area contributed by atoms with Gasteiger partial charge in [0, 0.05) is 23.6 Å². The molecule has 0 aliphatic heterocycles. The van der Waals surface area contributed by atoms with Gasteiger partial charge in [-0.3, -0.25) is 0 Å². The van der Waals surface area contributed by atoms with E-state index in [0.29, 0.717) is 0 Å². The van der Waals surface area contributed by atoms with Crippen molar-refractivity contribution in [3.8, 4) is 0 Å². The van der Waals surface area contributed by atoms with Gasteiger partial charge in [0.05, 0.1) is 5.69 Å². The first-order valence-corrected chi connectivity index (χ1v) is 7.83. The highest BCUT2D eigenvalue weighted by Gasteiger charge is 2.08. The van der Waals surface area contributed by atoms with Crippen molar-refractivity contribution in [1.82, 2.24) is 4.90 Å². The van der Waals surface area contributed by atoms with Gasteiger partial charge < -0.3 is 14.9 Å². The van der Waals surface area contributed by atoms with Crippen LogP contribution in [0.2, 0.25) is 0 Å². The van der Waals surface area contributed by atoms with Crippen molar-refractivity contribution >= 4 is 33.7 Å². The maximum Gasteiger partial charge on any atom is 0.328 e. The molecule has 0 atom stereocenters. The zero-order chi connectivity index (χ0) is 15.8. The lowest BCUT2D eigenvalue weighted by atomic mass is 10.1. The molecule has 0 amide bonds. The number of anilines is 1. The Morgan fingerprint density at radius 3 is 2.57 bits per heavy atom. The highest BCUT2D eigenvalue weighted by molar-refractivity contribution is 9.10. The zero-order valence-corrected chi connectivity index (χ0v) is 14.4. The summed E-state index contributed by atoms with van der Waals surface area (Å²) in [5.74, 6) is -0.936. The maximum absolute atomic E-state index is 10.5. The average Bonchev–Trinajstić information content (AvgIpc) is 2.42. The first-order valence-electron chi connectivity index (χ1n) is 7.04. The second-order valence-corrected chi connectivity index (χ2v) is 5.97. The molecule has 1 aromatic rings. The van der Waals surface area contributed by atoms with Gasteiger partial charge in [-0.1, -0.05) is 6.07 Å². The van der Waals surface area contributed by atoms with Crippen molar-refractivity contribution in [1.29, 1.82) is 0 Å². The molecular formula is C16H23BrN2O2. The molecule has 1 N–H and O–H groups in total. The van der Waals surface area contributed by atoms with Gasteiger partial charge in [0.15, 0.2) is 0 Å². The van der Waals surface area contributed by atoms with Gasteiger partial charge in [-0.05, 0) is 73.7 Å². The van der Waals surface area contributed by atoms with E-state index in [-0.39, 0.29) is 0 Å². The minimum Gasteiger partial charge on any atom is -0.478 e. The molecule has 21 heavy (non-hydrogen) atoms. The van der Waals surface area contributed by atoms with Gasteiger partial charge in [-0.15, -0.1) is 0 Å². The van der Waals surface area contributed by atoms with E-state index >= 15 is 0 Å². The second-order valence-electron chi connectivity index (χ2n) is 5.12. The number of aliphatic carboxylic acids is 1. The van der Waals surface area contributed by atoms with Crippen LogP contribution in [-0.2, 0) is 4.79 Å². The third kappa shape index (κ3) is 6.31. The predicted molar refractivity (Wildman–Crippen MR) is 91.9 cm³/mol. The predicted octanol–water partition coefficient (Wildman–Crippen LogP) is 3.32. The first kappa shape index (κ1) is 17.7. The molecule has 5 heteroatoms. The lowest BCUT2D eigenvalue weighted by Crippen LogP contribution is -2.27. The van der Waals surface area contributed by atoms with E-state index in [9.17, 15) is 4.79 Å². The standard InChI is InChI=1S/C16H23BrN2O2/c1-4-19(11-5-10-18(2)3)15-8-6-13(12-14(15)17)7-9-16(20)21/h6-9,12H,4-5,10-11H2,1-3H3,(H,20,21)/b9-7+. The van der Waals surface area contributed by atoms with E-state index in [0.717, 1.165) is 47.9 Å². The molecule has 0 spiro atoms. The van der Waals surface area contributed by atoms with E-state index in [2.05, 4.69) is 46.7 Å². The van der Waals surface area contributed by atoms with Gasteiger partial charge in [0.1, 0.15) is 0 Å². The number of hydrogen-bond donors (Lipinski definition) is 1. The Morgan fingerprint density at radius 2 is 2.05 bits per heavy atom. The van der Waals surface area contributed by atoms with Gasteiger partial charge >= 0.3 is 5.97 Å². The second kappa shape index (κ2) is 8.85. The monoisotopic (exact) mass is 354 g/mol. The number of carboxylic acid groups (broad SMARTS) is 1. The van der Waals surface area contributed by atoms with Crippen molar-refractivity contribution in [3.05, 3.63) is 34.3 Å². The molecule has 0 aromatic heterocycles. The summed E-state index contributed by atoms with van der Waals surface area (Å²) >= 11 is 3.58. The van der Waals surface area contributed by atoms with Crippen LogP contribution in [0, 0.1) is 0 Å². The number of benzene rings is 1. The fourth-order valence-corrected chi connectivity index (χ4v) is 2.72. The lowest BCUT2D eigenvalue weighted by molar-refractivity contribution is -0.131. The summed E-state index contributed by atoms with van der Waals surface area (Å²) < 4.78 is 0.988. The van der Waals surface area contributed by atoms with E-state index in [1.165, 1.54) is 0 Å². The number of nitrogens with zero attached hydrogens (tertiary/aromatic N) is 2. The van der Waals surface area contributed by atoms with Crippen LogP contribution in [-0.4, -0.2) is 49.7 Å². The van der Waals surface area contributed by atoms with Gasteiger partial charge in [0.25, 0.3) is 0 Å². The summed E-state index contributed by atoms with van der Waals surface area (Å²) in [7, 11) is 4.16. The molecule has 0 heterocycles. The molecule has 1 aromatic carbocycles. The summed E-state index contributed by atoms with van der Waals surface area (Å²) in [6.45, 7) is 5.14. The Labute approximate surface area is 135 Å². The number of carbonyl (C=O) groups is 1. The summed E-state index contributed by atoms with van der Waals surface area (Å²) in [5.41, 5.74) is 2.01. The van der Waals surface area contributed by atoms with E-state index in [4.69, 9.17) is 5.11 Å². The fourth-order valence-electron chi connectivity index (χ4n) is 2.08. The average molecular weight is 355 g/mol. The minimum atomic E-state index is -0.936. The Bertz CT molecular complexity index is 501. The molecular weight excluding hydrogens is 332 g/mol. The molecule has 0 unspecified atom stereocenters. The smallest absolute Gasteiger partial charge is 0.328 e. The first-order chi connectivity index (χ1) is 9.93. The van der Waals surface area contributed by atoms with Crippen LogP contribution >= 0.6 is 15.9 Å². The van der Waals surface area contributed by atoms with Crippen molar-refractivity contribution in [2.75, 3.05) is 38.6 Å². The lowest BCUT2D eigenvalue weighted by Gasteiger charge is -2.25. The quantitative estimate of drug-likeness (QED) is 0.727. The number of rotatable bonds is 8. The van der Waals surface area contributed by atoms with Gasteiger partial charge in [-0.25, -0.2) is 4.79 Å². The molecule has 1 rings (SSSR count). The van der Waals surface area contributed by atoms with E-state index < -0.39 is 5.97 Å². The fraction of sp³-hybridized carbons (Fsp3) is 0.438. The Hall–Kier alpha value is -1.33. The number of carboxylic acids is 1. The third-order valence-corrected chi connectivity index (χ3v) is 3.78. The molecule has 0 saturated heterocycles. The molecule has 116 valence electrons. The van der Waals surface area contributed by atoms with Crippen LogP contribution in [0.25, 0.3) is 6.08 Å². The van der Waals surface area contributed by atoms with Gasteiger partial charge in [0.2, 0.25) is 0 Å². The molecule has 0 aliphatic rings. The third-order valence-electron chi connectivity index (χ3n) is 3.15. The van der Waals surface area contributed by atoms with Crippen LogP contribution in [0.4, 0.5) is 5.69 Å². The van der Waals surface area contributed by atoms with E-state index in [1.54, 1.807) is 6.08 Å². The van der Waals surface area contributed by atoms with Crippen molar-refractivity contribution in [2.45, 2.75) is 13.3 Å². The van der Waals surface area contributed by atoms with Crippen LogP contribution in [0.15, 0.2) is 28.7 Å². The zero-order valence-electron chi connectivity index (χ0n) is 12.8. The van der Waals surface area contributed by atoms with Crippen LogP contribution < -0.4 is 4.90 Å². The molecule has 0 aliphatic carbocycles. The largest absolute Gasteiger partial charge is 0.478 e. The highest BCUT2D eigenvalue weighted by Crippen LogP contribution is 2.28. The Morgan fingerprint density at radius 1 is 1.33 bits per heavy atom. The molecule has 0 bridgehead atoms. The van der Waals surface area contributed by atoms with Crippen molar-refractivity contribution < 1.29 is 9.90 Å². The summed E-state index contributed by atoms with van der Waals surface area (Å²) in [5, 5.41) is 8.66. The highest BCUT2D eigenvalue weighted by atomic mass is 79.9. The molecule has 0 fully saturated rings. The maximum atomic E-state index is 10.5.